The number of aromatic amines is 1. The van der Waals surface area contributed by atoms with Crippen LogP contribution in [0.5, 0.6) is 0 Å². The number of carboxylic acid groups (broad SMARTS) is 1. The van der Waals surface area contributed by atoms with Gasteiger partial charge in [0.2, 0.25) is 5.95 Å². The quantitative estimate of drug-likeness (QED) is 0.356. The number of hydrogen-bond acceptors (Lipinski definition) is 7. The number of thiophene rings is 1. The standard InChI is InChI=1S/C23H15ClFN7O3S/c24-13-1-3-16(31-10-26-29-30-31)15(8-13)11-5-14-2-4-17(32(14)19(33)7-11)20-21(25)28-22(27-20)12-6-18(23(34)35)36-9-12/h1,3,5-10,17H,2,4H2,(H,27,28)(H,34,35). The molecule has 180 valence electrons. The summed E-state index contributed by atoms with van der Waals surface area (Å²) in [5.41, 5.74) is 3.07. The highest BCUT2D eigenvalue weighted by molar-refractivity contribution is 7.12. The zero-order chi connectivity index (χ0) is 25.0. The molecule has 4 aromatic heterocycles. The average molecular weight is 524 g/mol. The third kappa shape index (κ3) is 3.71. The lowest BCUT2D eigenvalue weighted by atomic mass is 10.0. The summed E-state index contributed by atoms with van der Waals surface area (Å²) in [5.74, 6) is -1.57. The van der Waals surface area contributed by atoms with Gasteiger partial charge in [0.25, 0.3) is 5.56 Å². The zero-order valence-electron chi connectivity index (χ0n) is 18.2. The van der Waals surface area contributed by atoms with Gasteiger partial charge in [-0.3, -0.25) is 4.79 Å². The van der Waals surface area contributed by atoms with E-state index in [2.05, 4.69) is 25.5 Å². The van der Waals surface area contributed by atoms with E-state index in [-0.39, 0.29) is 22.0 Å². The number of carboxylic acids is 1. The predicted octanol–water partition coefficient (Wildman–Crippen LogP) is 3.97. The van der Waals surface area contributed by atoms with Gasteiger partial charge in [-0.05, 0) is 59.2 Å². The van der Waals surface area contributed by atoms with Crippen molar-refractivity contribution in [2.75, 3.05) is 0 Å². The number of rotatable bonds is 5. The maximum Gasteiger partial charge on any atom is 0.345 e. The van der Waals surface area contributed by atoms with Crippen LogP contribution in [0.25, 0.3) is 28.2 Å². The number of H-pyrrole nitrogens is 1. The van der Waals surface area contributed by atoms with Crippen molar-refractivity contribution in [1.29, 1.82) is 0 Å². The monoisotopic (exact) mass is 523 g/mol. The van der Waals surface area contributed by atoms with Crippen LogP contribution in [0.1, 0.15) is 33.5 Å². The molecule has 36 heavy (non-hydrogen) atoms. The van der Waals surface area contributed by atoms with Crippen molar-refractivity contribution >= 4 is 28.9 Å². The number of tetrazole rings is 1. The Labute approximate surface area is 210 Å². The molecule has 0 saturated carbocycles. The average Bonchev–Trinajstić information content (AvgIpc) is 3.64. The molecule has 0 radical (unpaired) electrons. The highest BCUT2D eigenvalue weighted by Crippen LogP contribution is 2.36. The first-order chi connectivity index (χ1) is 17.4. The maximum atomic E-state index is 14.9. The highest BCUT2D eigenvalue weighted by atomic mass is 35.5. The van der Waals surface area contributed by atoms with Gasteiger partial charge in [-0.25, -0.2) is 9.78 Å². The fourth-order valence-electron chi connectivity index (χ4n) is 4.53. The molecule has 0 fully saturated rings. The SMILES string of the molecule is O=C(O)c1cc(-c2nc(F)c(C3CCc4cc(-c5cc(Cl)ccc5-n5cnnn5)cc(=O)n43)[nH]2)cs1. The van der Waals surface area contributed by atoms with Crippen molar-refractivity contribution in [3.8, 4) is 28.2 Å². The van der Waals surface area contributed by atoms with Gasteiger partial charge in [-0.1, -0.05) is 11.6 Å². The minimum absolute atomic E-state index is 0.125. The van der Waals surface area contributed by atoms with E-state index >= 15 is 0 Å². The normalized spacial score (nSPS) is 14.8. The number of pyridine rings is 1. The Morgan fingerprint density at radius 3 is 2.83 bits per heavy atom. The van der Waals surface area contributed by atoms with Crippen LogP contribution in [0.4, 0.5) is 4.39 Å². The Morgan fingerprint density at radius 1 is 1.22 bits per heavy atom. The summed E-state index contributed by atoms with van der Waals surface area (Å²) < 4.78 is 18.0. The first-order valence-electron chi connectivity index (χ1n) is 10.8. The molecule has 1 aliphatic rings. The zero-order valence-corrected chi connectivity index (χ0v) is 19.8. The Morgan fingerprint density at radius 2 is 2.08 bits per heavy atom. The topological polar surface area (TPSA) is 132 Å². The van der Waals surface area contributed by atoms with Gasteiger partial charge in [0.15, 0.2) is 0 Å². The Kier molecular flexibility index (Phi) is 5.27. The summed E-state index contributed by atoms with van der Waals surface area (Å²) in [6.45, 7) is 0. The predicted molar refractivity (Wildman–Crippen MR) is 129 cm³/mol. The molecule has 1 atom stereocenters. The smallest absolute Gasteiger partial charge is 0.345 e. The van der Waals surface area contributed by atoms with E-state index in [1.807, 2.05) is 6.07 Å². The second kappa shape index (κ2) is 8.50. The van der Waals surface area contributed by atoms with Crippen LogP contribution in [-0.2, 0) is 6.42 Å². The fourth-order valence-corrected chi connectivity index (χ4v) is 5.43. The summed E-state index contributed by atoms with van der Waals surface area (Å²) in [4.78, 5) is 31.5. The van der Waals surface area contributed by atoms with Crippen LogP contribution < -0.4 is 5.56 Å². The first-order valence-corrected chi connectivity index (χ1v) is 12.0. The second-order valence-corrected chi connectivity index (χ2v) is 9.56. The van der Waals surface area contributed by atoms with Crippen LogP contribution >= 0.6 is 22.9 Å². The summed E-state index contributed by atoms with van der Waals surface area (Å²) in [6, 6.07) is 9.45. The van der Waals surface area contributed by atoms with Gasteiger partial charge in [-0.15, -0.1) is 16.4 Å². The molecule has 2 N–H and O–H groups in total. The van der Waals surface area contributed by atoms with Crippen molar-refractivity contribution in [1.82, 2.24) is 34.7 Å². The van der Waals surface area contributed by atoms with Gasteiger partial charge < -0.3 is 14.7 Å². The van der Waals surface area contributed by atoms with E-state index in [0.29, 0.717) is 40.2 Å². The molecule has 10 nitrogen and oxygen atoms in total. The molecular weight excluding hydrogens is 509 g/mol. The fraction of sp³-hybridized carbons (Fsp3) is 0.130. The molecule has 5 heterocycles. The highest BCUT2D eigenvalue weighted by Gasteiger charge is 2.30. The van der Waals surface area contributed by atoms with Gasteiger partial charge in [0, 0.05) is 33.3 Å². The largest absolute Gasteiger partial charge is 0.477 e. The van der Waals surface area contributed by atoms with E-state index in [1.165, 1.54) is 23.1 Å². The molecular formula is C23H15ClFN7O3S. The minimum atomic E-state index is -1.06. The second-order valence-electron chi connectivity index (χ2n) is 8.21. The van der Waals surface area contributed by atoms with Gasteiger partial charge in [0.05, 0.1) is 17.4 Å². The summed E-state index contributed by atoms with van der Waals surface area (Å²) in [7, 11) is 0. The Balaban J connectivity index is 1.40. The van der Waals surface area contributed by atoms with Crippen molar-refractivity contribution in [3.05, 3.63) is 85.7 Å². The number of hydrogen-bond donors (Lipinski definition) is 2. The van der Waals surface area contributed by atoms with E-state index in [4.69, 9.17) is 16.7 Å². The third-order valence-electron chi connectivity index (χ3n) is 6.10. The van der Waals surface area contributed by atoms with E-state index in [1.54, 1.807) is 28.1 Å². The molecule has 1 aromatic carbocycles. The number of nitrogens with one attached hydrogen (secondary N) is 1. The number of halogens is 2. The van der Waals surface area contributed by atoms with E-state index in [0.717, 1.165) is 17.0 Å². The Bertz CT molecular complexity index is 1690. The molecule has 1 unspecified atom stereocenters. The van der Waals surface area contributed by atoms with Crippen LogP contribution in [0.2, 0.25) is 5.02 Å². The number of aromatic carboxylic acids is 1. The first kappa shape index (κ1) is 22.3. The van der Waals surface area contributed by atoms with Crippen molar-refractivity contribution in [2.24, 2.45) is 0 Å². The molecule has 0 amide bonds. The molecule has 5 aromatic rings. The summed E-state index contributed by atoms with van der Waals surface area (Å²) >= 11 is 7.28. The summed E-state index contributed by atoms with van der Waals surface area (Å²) in [5, 5.41) is 22.5. The molecule has 13 heteroatoms. The lowest BCUT2D eigenvalue weighted by Crippen LogP contribution is -2.24. The van der Waals surface area contributed by atoms with Crippen LogP contribution in [0.15, 0.2) is 52.9 Å². The van der Waals surface area contributed by atoms with Crippen molar-refractivity contribution in [2.45, 2.75) is 18.9 Å². The maximum absolute atomic E-state index is 14.9. The van der Waals surface area contributed by atoms with Gasteiger partial charge in [0.1, 0.15) is 17.0 Å². The van der Waals surface area contributed by atoms with Crippen molar-refractivity contribution < 1.29 is 14.3 Å². The number of carbonyl (C=O) groups is 1. The number of imidazole rings is 1. The van der Waals surface area contributed by atoms with Crippen molar-refractivity contribution in [3.63, 3.8) is 0 Å². The van der Waals surface area contributed by atoms with Gasteiger partial charge >= 0.3 is 5.97 Å². The third-order valence-corrected chi connectivity index (χ3v) is 7.25. The molecule has 0 spiro atoms. The van der Waals surface area contributed by atoms with E-state index < -0.39 is 18.0 Å². The number of benzene rings is 1. The summed E-state index contributed by atoms with van der Waals surface area (Å²) in [6.07, 6.45) is 2.50. The number of aryl methyl sites for hydroxylation is 1. The Hall–Kier alpha value is -4.16. The molecule has 6 rings (SSSR count). The van der Waals surface area contributed by atoms with Crippen LogP contribution in [0, 0.1) is 5.95 Å². The van der Waals surface area contributed by atoms with Crippen LogP contribution in [0.3, 0.4) is 0 Å². The van der Waals surface area contributed by atoms with Crippen LogP contribution in [-0.4, -0.2) is 45.8 Å². The number of aromatic nitrogens is 7. The molecule has 1 aliphatic heterocycles. The molecule has 0 bridgehead atoms. The number of nitrogens with zero attached hydrogens (tertiary/aromatic N) is 6. The van der Waals surface area contributed by atoms with E-state index in [9.17, 15) is 14.0 Å². The minimum Gasteiger partial charge on any atom is -0.477 e. The van der Waals surface area contributed by atoms with Gasteiger partial charge in [-0.2, -0.15) is 9.07 Å². The lowest BCUT2D eigenvalue weighted by molar-refractivity contribution is 0.0702. The molecule has 0 aliphatic carbocycles. The molecule has 0 saturated heterocycles. The number of fused-ring (bicyclic) bond motifs is 1. The lowest BCUT2D eigenvalue weighted by Gasteiger charge is -2.15.